The molecule has 1 aromatic heterocycles. The van der Waals surface area contributed by atoms with E-state index >= 15 is 0 Å². The van der Waals surface area contributed by atoms with E-state index in [9.17, 15) is 0 Å². The van der Waals surface area contributed by atoms with Crippen molar-refractivity contribution >= 4 is 0 Å². The fraction of sp³-hybridized carbons (Fsp3) is 0.500. The first-order chi connectivity index (χ1) is 11.6. The van der Waals surface area contributed by atoms with Gasteiger partial charge in [-0.15, -0.1) is 0 Å². The van der Waals surface area contributed by atoms with Gasteiger partial charge in [-0.1, -0.05) is 24.3 Å². The zero-order chi connectivity index (χ0) is 16.9. The van der Waals surface area contributed by atoms with Crippen LogP contribution in [0.1, 0.15) is 42.5 Å². The van der Waals surface area contributed by atoms with Crippen molar-refractivity contribution in [2.45, 2.75) is 46.0 Å². The minimum absolute atomic E-state index is 0.211. The summed E-state index contributed by atoms with van der Waals surface area (Å²) in [5.74, 6) is 1.95. The number of hydrogen-bond donors (Lipinski definition) is 1. The highest BCUT2D eigenvalue weighted by molar-refractivity contribution is 5.23. The van der Waals surface area contributed by atoms with Gasteiger partial charge in [-0.3, -0.25) is 4.90 Å². The van der Waals surface area contributed by atoms with E-state index in [-0.39, 0.29) is 6.04 Å². The number of aryl methyl sites for hydroxylation is 1. The van der Waals surface area contributed by atoms with E-state index in [1.165, 1.54) is 11.1 Å². The number of morpholine rings is 1. The second kappa shape index (κ2) is 7.97. The molecule has 0 aliphatic carbocycles. The maximum atomic E-state index is 5.69. The molecule has 1 saturated heterocycles. The molecule has 3 rings (SSSR count). The van der Waals surface area contributed by atoms with Gasteiger partial charge < -0.3 is 14.5 Å². The molecule has 2 aromatic rings. The lowest BCUT2D eigenvalue weighted by molar-refractivity contribution is -0.0212. The van der Waals surface area contributed by atoms with Crippen LogP contribution in [0.15, 0.2) is 40.8 Å². The quantitative estimate of drug-likeness (QED) is 0.878. The summed E-state index contributed by atoms with van der Waals surface area (Å²) in [5, 5.41) is 3.54. The van der Waals surface area contributed by atoms with E-state index in [0.717, 1.165) is 44.3 Å². The molecular weight excluding hydrogens is 300 g/mol. The van der Waals surface area contributed by atoms with Gasteiger partial charge in [0.05, 0.1) is 18.8 Å². The molecule has 1 aromatic carbocycles. The molecule has 24 heavy (non-hydrogen) atoms. The van der Waals surface area contributed by atoms with Crippen molar-refractivity contribution < 1.29 is 9.15 Å². The first kappa shape index (κ1) is 17.2. The Kier molecular flexibility index (Phi) is 5.72. The molecule has 1 fully saturated rings. The van der Waals surface area contributed by atoms with Gasteiger partial charge in [0.15, 0.2) is 0 Å². The van der Waals surface area contributed by atoms with Crippen molar-refractivity contribution in [2.75, 3.05) is 19.7 Å². The molecule has 2 atom stereocenters. The largest absolute Gasteiger partial charge is 0.465 e. The van der Waals surface area contributed by atoms with Crippen LogP contribution in [0.2, 0.25) is 0 Å². The van der Waals surface area contributed by atoms with Crippen molar-refractivity contribution in [1.29, 1.82) is 0 Å². The topological polar surface area (TPSA) is 37.6 Å². The standard InChI is InChI=1S/C20H28N2O2/c1-15-7-8-20(24-15)17(3)21-12-18-5-4-6-19(11-18)14-22-9-10-23-16(2)13-22/h4-8,11,16-17,21H,9-10,12-14H2,1-3H3. The number of nitrogens with zero attached hydrogens (tertiary/aromatic N) is 1. The zero-order valence-corrected chi connectivity index (χ0v) is 14.9. The predicted octanol–water partition coefficient (Wildman–Crippen LogP) is 3.66. The van der Waals surface area contributed by atoms with Crippen LogP contribution in [0.5, 0.6) is 0 Å². The third-order valence-electron chi connectivity index (χ3n) is 4.52. The van der Waals surface area contributed by atoms with Crippen LogP contribution in [0.4, 0.5) is 0 Å². The summed E-state index contributed by atoms with van der Waals surface area (Å²) >= 11 is 0. The predicted molar refractivity (Wildman–Crippen MR) is 95.8 cm³/mol. The van der Waals surface area contributed by atoms with Crippen LogP contribution in [-0.2, 0) is 17.8 Å². The Balaban J connectivity index is 1.55. The molecule has 0 saturated carbocycles. The number of furan rings is 1. The van der Waals surface area contributed by atoms with Crippen LogP contribution >= 0.6 is 0 Å². The molecule has 0 radical (unpaired) electrons. The van der Waals surface area contributed by atoms with Gasteiger partial charge in [0.2, 0.25) is 0 Å². The highest BCUT2D eigenvalue weighted by atomic mass is 16.5. The Morgan fingerprint density at radius 1 is 1.25 bits per heavy atom. The highest BCUT2D eigenvalue weighted by Crippen LogP contribution is 2.17. The molecule has 2 heterocycles. The van der Waals surface area contributed by atoms with E-state index in [1.807, 2.05) is 19.1 Å². The molecule has 1 N–H and O–H groups in total. The van der Waals surface area contributed by atoms with Crippen LogP contribution in [0, 0.1) is 6.92 Å². The number of rotatable bonds is 6. The number of hydrogen-bond acceptors (Lipinski definition) is 4. The van der Waals surface area contributed by atoms with Crippen molar-refractivity contribution in [2.24, 2.45) is 0 Å². The summed E-state index contributed by atoms with van der Waals surface area (Å²) in [7, 11) is 0. The second-order valence-electron chi connectivity index (χ2n) is 6.79. The Morgan fingerprint density at radius 3 is 2.83 bits per heavy atom. The van der Waals surface area contributed by atoms with Gasteiger partial charge >= 0.3 is 0 Å². The average Bonchev–Trinajstić information content (AvgIpc) is 3.00. The van der Waals surface area contributed by atoms with E-state index < -0.39 is 0 Å². The normalized spacial score (nSPS) is 20.2. The Labute approximate surface area is 144 Å². The summed E-state index contributed by atoms with van der Waals surface area (Å²) in [6.07, 6.45) is 0.334. The number of nitrogens with one attached hydrogen (secondary N) is 1. The van der Waals surface area contributed by atoms with E-state index in [0.29, 0.717) is 6.10 Å². The Bertz CT molecular complexity index is 653. The van der Waals surface area contributed by atoms with Crippen molar-refractivity contribution in [3.63, 3.8) is 0 Å². The van der Waals surface area contributed by atoms with Gasteiger partial charge in [0.25, 0.3) is 0 Å². The van der Waals surface area contributed by atoms with E-state index in [4.69, 9.17) is 9.15 Å². The molecule has 0 spiro atoms. The van der Waals surface area contributed by atoms with Crippen LogP contribution < -0.4 is 5.32 Å². The minimum Gasteiger partial charge on any atom is -0.465 e. The molecule has 4 heteroatoms. The van der Waals surface area contributed by atoms with Crippen LogP contribution in [0.25, 0.3) is 0 Å². The Hall–Kier alpha value is -1.62. The summed E-state index contributed by atoms with van der Waals surface area (Å²) in [6, 6.07) is 13.1. The Morgan fingerprint density at radius 2 is 2.08 bits per heavy atom. The molecule has 0 amide bonds. The summed E-state index contributed by atoms with van der Waals surface area (Å²) in [4.78, 5) is 2.47. The summed E-state index contributed by atoms with van der Waals surface area (Å²) in [5.41, 5.74) is 2.67. The lowest BCUT2D eigenvalue weighted by Gasteiger charge is -2.31. The van der Waals surface area contributed by atoms with Gasteiger partial charge in [0, 0.05) is 26.2 Å². The summed E-state index contributed by atoms with van der Waals surface area (Å²) in [6.45, 7) is 11.0. The first-order valence-corrected chi connectivity index (χ1v) is 8.81. The monoisotopic (exact) mass is 328 g/mol. The first-order valence-electron chi connectivity index (χ1n) is 8.81. The molecule has 130 valence electrons. The van der Waals surface area contributed by atoms with Crippen molar-refractivity contribution in [3.8, 4) is 0 Å². The lowest BCUT2D eigenvalue weighted by Crippen LogP contribution is -2.40. The molecule has 2 unspecified atom stereocenters. The van der Waals surface area contributed by atoms with Gasteiger partial charge in [0.1, 0.15) is 11.5 Å². The average molecular weight is 328 g/mol. The fourth-order valence-electron chi connectivity index (χ4n) is 3.19. The van der Waals surface area contributed by atoms with Crippen LogP contribution in [-0.4, -0.2) is 30.7 Å². The molecule has 0 bridgehead atoms. The lowest BCUT2D eigenvalue weighted by atomic mass is 10.1. The van der Waals surface area contributed by atoms with E-state index in [1.54, 1.807) is 0 Å². The van der Waals surface area contributed by atoms with Crippen LogP contribution in [0.3, 0.4) is 0 Å². The number of ether oxygens (including phenoxy) is 1. The fourth-order valence-corrected chi connectivity index (χ4v) is 3.19. The maximum absolute atomic E-state index is 5.69. The van der Waals surface area contributed by atoms with Crippen molar-refractivity contribution in [1.82, 2.24) is 10.2 Å². The molecule has 1 aliphatic heterocycles. The highest BCUT2D eigenvalue weighted by Gasteiger charge is 2.16. The van der Waals surface area contributed by atoms with E-state index in [2.05, 4.69) is 48.3 Å². The molecule has 1 aliphatic rings. The van der Waals surface area contributed by atoms with Crippen molar-refractivity contribution in [3.05, 3.63) is 59.0 Å². The molecular formula is C20H28N2O2. The number of benzene rings is 1. The van der Waals surface area contributed by atoms with Gasteiger partial charge in [-0.05, 0) is 44.0 Å². The molecule has 4 nitrogen and oxygen atoms in total. The maximum Gasteiger partial charge on any atom is 0.120 e. The third-order valence-corrected chi connectivity index (χ3v) is 4.52. The minimum atomic E-state index is 0.211. The zero-order valence-electron chi connectivity index (χ0n) is 14.9. The third kappa shape index (κ3) is 4.69. The van der Waals surface area contributed by atoms with Gasteiger partial charge in [-0.2, -0.15) is 0 Å². The summed E-state index contributed by atoms with van der Waals surface area (Å²) < 4.78 is 11.3. The smallest absolute Gasteiger partial charge is 0.120 e. The second-order valence-corrected chi connectivity index (χ2v) is 6.79. The SMILES string of the molecule is Cc1ccc(C(C)NCc2cccc(CN3CCOC(C)C3)c2)o1. The van der Waals surface area contributed by atoms with Gasteiger partial charge in [-0.25, -0.2) is 0 Å².